The highest BCUT2D eigenvalue weighted by atomic mass is 32.2. The summed E-state index contributed by atoms with van der Waals surface area (Å²) in [6.45, 7) is 1.18. The van der Waals surface area contributed by atoms with Crippen LogP contribution in [0.1, 0.15) is 12.8 Å². The van der Waals surface area contributed by atoms with Crippen molar-refractivity contribution >= 4 is 23.3 Å². The third kappa shape index (κ3) is 2.18. The van der Waals surface area contributed by atoms with Gasteiger partial charge < -0.3 is 5.32 Å². The molecule has 2 heterocycles. The molecule has 1 N–H and O–H groups in total. The Labute approximate surface area is 80.1 Å². The second kappa shape index (κ2) is 4.20. The van der Waals surface area contributed by atoms with E-state index in [1.165, 1.54) is 30.9 Å². The molecule has 5 heteroatoms. The lowest BCUT2D eigenvalue weighted by Gasteiger charge is -2.06. The van der Waals surface area contributed by atoms with Gasteiger partial charge in [0.1, 0.15) is 6.33 Å². The first-order chi connectivity index (χ1) is 5.95. The van der Waals surface area contributed by atoms with Crippen molar-refractivity contribution in [2.75, 3.05) is 12.3 Å². The average Bonchev–Trinajstić information content (AvgIpc) is 2.74. The Morgan fingerprint density at radius 2 is 2.75 bits per heavy atom. The number of aromatic nitrogens is 2. The third-order valence-corrected chi connectivity index (χ3v) is 3.87. The molecule has 0 radical (unpaired) electrons. The normalized spacial score (nSPS) is 23.2. The Hall–Kier alpha value is -0.130. The fourth-order valence-electron chi connectivity index (χ4n) is 1.30. The minimum Gasteiger partial charge on any atom is -0.313 e. The molecule has 1 aliphatic rings. The van der Waals surface area contributed by atoms with Crippen LogP contribution in [0.3, 0.4) is 0 Å². The standard InChI is InChI=1S/C7H11N3S2/c1-2-6(8-3-1)4-11-7-9-5-10-12-7/h5-6,8H,1-4H2/t6-/m0/s1. The minimum atomic E-state index is 0.693. The van der Waals surface area contributed by atoms with Crippen molar-refractivity contribution in [2.24, 2.45) is 0 Å². The molecule has 0 saturated carbocycles. The highest BCUT2D eigenvalue weighted by Gasteiger charge is 2.14. The van der Waals surface area contributed by atoms with Crippen LogP contribution in [0, 0.1) is 0 Å². The number of rotatable bonds is 3. The summed E-state index contributed by atoms with van der Waals surface area (Å²) in [6, 6.07) is 0.693. The van der Waals surface area contributed by atoms with Crippen molar-refractivity contribution in [2.45, 2.75) is 23.2 Å². The van der Waals surface area contributed by atoms with Crippen molar-refractivity contribution in [1.82, 2.24) is 14.7 Å². The largest absolute Gasteiger partial charge is 0.313 e. The van der Waals surface area contributed by atoms with E-state index >= 15 is 0 Å². The van der Waals surface area contributed by atoms with E-state index in [1.54, 1.807) is 18.1 Å². The van der Waals surface area contributed by atoms with E-state index in [4.69, 9.17) is 0 Å². The summed E-state index contributed by atoms with van der Waals surface area (Å²) in [6.07, 6.45) is 4.25. The van der Waals surface area contributed by atoms with Crippen molar-refractivity contribution in [3.63, 3.8) is 0 Å². The molecule has 2 rings (SSSR count). The summed E-state index contributed by atoms with van der Waals surface area (Å²) in [5.41, 5.74) is 0. The van der Waals surface area contributed by atoms with Gasteiger partial charge in [0, 0.05) is 11.8 Å². The number of hydrogen-bond acceptors (Lipinski definition) is 5. The summed E-state index contributed by atoms with van der Waals surface area (Å²) in [5.74, 6) is 1.13. The molecule has 3 nitrogen and oxygen atoms in total. The zero-order valence-corrected chi connectivity index (χ0v) is 8.33. The predicted octanol–water partition coefficient (Wildman–Crippen LogP) is 1.38. The Kier molecular flexibility index (Phi) is 2.97. The summed E-state index contributed by atoms with van der Waals surface area (Å²) in [5, 5.41) is 3.45. The molecule has 1 aromatic rings. The molecule has 0 bridgehead atoms. The van der Waals surface area contributed by atoms with Crippen molar-refractivity contribution in [1.29, 1.82) is 0 Å². The van der Waals surface area contributed by atoms with Crippen LogP contribution >= 0.6 is 23.3 Å². The quantitative estimate of drug-likeness (QED) is 0.750. The molecule has 0 spiro atoms. The fraction of sp³-hybridized carbons (Fsp3) is 0.714. The maximum absolute atomic E-state index is 4.12. The molecule has 1 atom stereocenters. The smallest absolute Gasteiger partial charge is 0.169 e. The van der Waals surface area contributed by atoms with Gasteiger partial charge in [-0.25, -0.2) is 4.98 Å². The SMILES string of the molecule is c1nsc(SC[C@@H]2CCCN2)n1. The van der Waals surface area contributed by atoms with Crippen LogP contribution in [-0.4, -0.2) is 27.7 Å². The van der Waals surface area contributed by atoms with Crippen molar-refractivity contribution in [3.8, 4) is 0 Å². The minimum absolute atomic E-state index is 0.693. The van der Waals surface area contributed by atoms with Gasteiger partial charge in [-0.3, -0.25) is 0 Å². The molecule has 1 aliphatic heterocycles. The molecule has 1 saturated heterocycles. The lowest BCUT2D eigenvalue weighted by molar-refractivity contribution is 0.674. The second-order valence-electron chi connectivity index (χ2n) is 2.81. The summed E-state index contributed by atoms with van der Waals surface area (Å²) < 4.78 is 5.04. The zero-order chi connectivity index (χ0) is 8.23. The van der Waals surface area contributed by atoms with Crippen molar-refractivity contribution < 1.29 is 0 Å². The lowest BCUT2D eigenvalue weighted by Crippen LogP contribution is -2.23. The van der Waals surface area contributed by atoms with Gasteiger partial charge in [-0.15, -0.1) is 0 Å². The van der Waals surface area contributed by atoms with Crippen molar-refractivity contribution in [3.05, 3.63) is 6.33 Å². The summed E-state index contributed by atoms with van der Waals surface area (Å²) in [7, 11) is 0. The van der Waals surface area contributed by atoms with Gasteiger partial charge in [0.2, 0.25) is 0 Å². The highest BCUT2D eigenvalue weighted by molar-refractivity contribution is 8.00. The first kappa shape index (κ1) is 8.47. The van der Waals surface area contributed by atoms with E-state index in [9.17, 15) is 0 Å². The van der Waals surface area contributed by atoms with Gasteiger partial charge in [-0.1, -0.05) is 11.8 Å². The molecule has 1 aromatic heterocycles. The fourth-order valence-corrected chi connectivity index (χ4v) is 2.87. The van der Waals surface area contributed by atoms with E-state index < -0.39 is 0 Å². The van der Waals surface area contributed by atoms with Gasteiger partial charge >= 0.3 is 0 Å². The molecule has 0 aromatic carbocycles. The first-order valence-electron chi connectivity index (χ1n) is 4.08. The monoisotopic (exact) mass is 201 g/mol. The molecule has 0 unspecified atom stereocenters. The van der Waals surface area contributed by atoms with Gasteiger partial charge in [0.05, 0.1) is 0 Å². The second-order valence-corrected chi connectivity index (χ2v) is 4.86. The number of nitrogens with one attached hydrogen (secondary N) is 1. The molecule has 0 aliphatic carbocycles. The molecular weight excluding hydrogens is 190 g/mol. The highest BCUT2D eigenvalue weighted by Crippen LogP contribution is 2.21. The van der Waals surface area contributed by atoms with Crippen LogP contribution in [0.4, 0.5) is 0 Å². The van der Waals surface area contributed by atoms with Crippen LogP contribution in [0.2, 0.25) is 0 Å². The number of nitrogens with zero attached hydrogens (tertiary/aromatic N) is 2. The van der Waals surface area contributed by atoms with Crippen LogP contribution < -0.4 is 5.32 Å². The molecule has 66 valence electrons. The van der Waals surface area contributed by atoms with Crippen LogP contribution in [0.25, 0.3) is 0 Å². The van der Waals surface area contributed by atoms with Gasteiger partial charge in [0.15, 0.2) is 4.34 Å². The Bertz CT molecular complexity index is 219. The summed E-state index contributed by atoms with van der Waals surface area (Å²) >= 11 is 3.29. The van der Waals surface area contributed by atoms with Crippen LogP contribution in [-0.2, 0) is 0 Å². The molecule has 0 amide bonds. The third-order valence-electron chi connectivity index (χ3n) is 1.91. The van der Waals surface area contributed by atoms with Gasteiger partial charge in [-0.2, -0.15) is 4.37 Å². The molecular formula is C7H11N3S2. The van der Waals surface area contributed by atoms with E-state index in [0.29, 0.717) is 6.04 Å². The first-order valence-corrected chi connectivity index (χ1v) is 5.84. The molecule has 12 heavy (non-hydrogen) atoms. The number of thioether (sulfide) groups is 1. The van der Waals surface area contributed by atoms with Gasteiger partial charge in [0.25, 0.3) is 0 Å². The number of hydrogen-bond donors (Lipinski definition) is 1. The van der Waals surface area contributed by atoms with Crippen LogP contribution in [0.5, 0.6) is 0 Å². The zero-order valence-electron chi connectivity index (χ0n) is 6.69. The Morgan fingerprint density at radius 1 is 1.75 bits per heavy atom. The maximum atomic E-state index is 4.12. The topological polar surface area (TPSA) is 37.8 Å². The maximum Gasteiger partial charge on any atom is 0.169 e. The Balaban J connectivity index is 1.74. The molecule has 1 fully saturated rings. The van der Waals surface area contributed by atoms with E-state index in [2.05, 4.69) is 14.7 Å². The summed E-state index contributed by atoms with van der Waals surface area (Å²) in [4.78, 5) is 4.12. The van der Waals surface area contributed by atoms with E-state index in [-0.39, 0.29) is 0 Å². The van der Waals surface area contributed by atoms with E-state index in [0.717, 1.165) is 10.1 Å². The van der Waals surface area contributed by atoms with Gasteiger partial charge in [-0.05, 0) is 30.9 Å². The van der Waals surface area contributed by atoms with E-state index in [1.807, 2.05) is 0 Å². The van der Waals surface area contributed by atoms with Crippen LogP contribution in [0.15, 0.2) is 10.7 Å². The predicted molar refractivity (Wildman–Crippen MR) is 51.7 cm³/mol. The lowest BCUT2D eigenvalue weighted by atomic mass is 10.3. The Morgan fingerprint density at radius 3 is 3.42 bits per heavy atom. The average molecular weight is 201 g/mol.